The highest BCUT2D eigenvalue weighted by Gasteiger charge is 2.12. The molecule has 0 spiro atoms. The van der Waals surface area contributed by atoms with Crippen LogP contribution in [0.5, 0.6) is 0 Å². The standard InChI is InChI=1S/C12H12O6/c13-10(14)4-7-1-2-8(5-11(15)16)9(3-7)6-12(17)18/h1-3H,4-6H2,(H,13,14)(H,15,16)(H,17,18). The fourth-order valence-electron chi connectivity index (χ4n) is 1.63. The van der Waals surface area contributed by atoms with Gasteiger partial charge in [-0.2, -0.15) is 0 Å². The van der Waals surface area contributed by atoms with E-state index in [2.05, 4.69) is 0 Å². The molecule has 1 rings (SSSR count). The third kappa shape index (κ3) is 4.25. The average Bonchev–Trinajstić information content (AvgIpc) is 2.19. The molecular formula is C12H12O6. The molecule has 1 aromatic carbocycles. The van der Waals surface area contributed by atoms with E-state index in [0.29, 0.717) is 16.7 Å². The smallest absolute Gasteiger partial charge is 0.307 e. The number of carbonyl (C=O) groups is 3. The first-order valence-corrected chi connectivity index (χ1v) is 5.14. The molecule has 96 valence electrons. The molecule has 18 heavy (non-hydrogen) atoms. The van der Waals surface area contributed by atoms with Crippen LogP contribution >= 0.6 is 0 Å². The Morgan fingerprint density at radius 3 is 1.78 bits per heavy atom. The fourth-order valence-corrected chi connectivity index (χ4v) is 1.63. The topological polar surface area (TPSA) is 112 Å². The molecule has 6 heteroatoms. The van der Waals surface area contributed by atoms with Crippen molar-refractivity contribution in [2.75, 3.05) is 0 Å². The van der Waals surface area contributed by atoms with Crippen molar-refractivity contribution in [3.8, 4) is 0 Å². The molecule has 1 aromatic rings. The van der Waals surface area contributed by atoms with Crippen molar-refractivity contribution in [2.45, 2.75) is 19.3 Å². The Morgan fingerprint density at radius 2 is 1.28 bits per heavy atom. The number of rotatable bonds is 6. The van der Waals surface area contributed by atoms with Gasteiger partial charge in [-0.1, -0.05) is 18.2 Å². The molecule has 6 nitrogen and oxygen atoms in total. The van der Waals surface area contributed by atoms with Crippen molar-refractivity contribution in [3.05, 3.63) is 34.9 Å². The van der Waals surface area contributed by atoms with E-state index in [0.717, 1.165) is 0 Å². The summed E-state index contributed by atoms with van der Waals surface area (Å²) in [4.78, 5) is 31.9. The molecule has 0 unspecified atom stereocenters. The van der Waals surface area contributed by atoms with Crippen molar-refractivity contribution >= 4 is 17.9 Å². The first-order chi connectivity index (χ1) is 8.38. The summed E-state index contributed by atoms with van der Waals surface area (Å²) in [6.45, 7) is 0. The van der Waals surface area contributed by atoms with Gasteiger partial charge in [-0.15, -0.1) is 0 Å². The van der Waals surface area contributed by atoms with Gasteiger partial charge in [-0.25, -0.2) is 0 Å². The zero-order valence-corrected chi connectivity index (χ0v) is 9.42. The van der Waals surface area contributed by atoms with Gasteiger partial charge in [0.2, 0.25) is 0 Å². The van der Waals surface area contributed by atoms with E-state index in [4.69, 9.17) is 15.3 Å². The Labute approximate surface area is 102 Å². The minimum absolute atomic E-state index is 0.222. The summed E-state index contributed by atoms with van der Waals surface area (Å²) in [5.74, 6) is -3.18. The zero-order chi connectivity index (χ0) is 13.7. The van der Waals surface area contributed by atoms with Gasteiger partial charge in [0, 0.05) is 0 Å². The Hall–Kier alpha value is -2.37. The van der Waals surface area contributed by atoms with Crippen molar-refractivity contribution in [2.24, 2.45) is 0 Å². The molecule has 0 amide bonds. The lowest BCUT2D eigenvalue weighted by Crippen LogP contribution is -2.09. The molecule has 0 heterocycles. The van der Waals surface area contributed by atoms with Crippen LogP contribution in [0.4, 0.5) is 0 Å². The minimum atomic E-state index is -1.09. The largest absolute Gasteiger partial charge is 0.481 e. The first-order valence-electron chi connectivity index (χ1n) is 5.14. The van der Waals surface area contributed by atoms with E-state index in [9.17, 15) is 14.4 Å². The van der Waals surface area contributed by atoms with Gasteiger partial charge < -0.3 is 15.3 Å². The Morgan fingerprint density at radius 1 is 0.778 bits per heavy atom. The third-order valence-electron chi connectivity index (χ3n) is 2.31. The maximum atomic E-state index is 10.7. The van der Waals surface area contributed by atoms with Crippen molar-refractivity contribution in [3.63, 3.8) is 0 Å². The van der Waals surface area contributed by atoms with Gasteiger partial charge >= 0.3 is 17.9 Å². The van der Waals surface area contributed by atoms with E-state index in [1.807, 2.05) is 0 Å². The van der Waals surface area contributed by atoms with Crippen LogP contribution in [0, 0.1) is 0 Å². The number of carboxylic acid groups (broad SMARTS) is 3. The molecule has 0 atom stereocenters. The zero-order valence-electron chi connectivity index (χ0n) is 9.42. The SMILES string of the molecule is O=C(O)Cc1ccc(CC(=O)O)c(CC(=O)O)c1. The van der Waals surface area contributed by atoms with E-state index >= 15 is 0 Å². The number of aliphatic carboxylic acids is 3. The van der Waals surface area contributed by atoms with Crippen molar-refractivity contribution in [1.82, 2.24) is 0 Å². The van der Waals surface area contributed by atoms with Gasteiger partial charge in [0.1, 0.15) is 0 Å². The molecule has 0 fully saturated rings. The van der Waals surface area contributed by atoms with Crippen LogP contribution in [0.3, 0.4) is 0 Å². The summed E-state index contributed by atoms with van der Waals surface area (Å²) in [5.41, 5.74) is 1.18. The summed E-state index contributed by atoms with van der Waals surface area (Å²) in [5, 5.41) is 26.1. The molecule has 0 saturated heterocycles. The van der Waals surface area contributed by atoms with Crippen LogP contribution in [0.25, 0.3) is 0 Å². The van der Waals surface area contributed by atoms with Crippen LogP contribution in [0.2, 0.25) is 0 Å². The first kappa shape index (κ1) is 13.7. The summed E-state index contributed by atoms with van der Waals surface area (Å²) >= 11 is 0. The van der Waals surface area contributed by atoms with Crippen LogP contribution in [-0.4, -0.2) is 33.2 Å². The quantitative estimate of drug-likeness (QED) is 0.682. The Bertz CT molecular complexity index is 491. The molecule has 0 aliphatic rings. The lowest BCUT2D eigenvalue weighted by Gasteiger charge is -2.08. The average molecular weight is 252 g/mol. The van der Waals surface area contributed by atoms with Gasteiger partial charge in [0.15, 0.2) is 0 Å². The highest BCUT2D eigenvalue weighted by molar-refractivity contribution is 5.75. The van der Waals surface area contributed by atoms with Crippen LogP contribution in [0.1, 0.15) is 16.7 Å². The number of hydrogen-bond acceptors (Lipinski definition) is 3. The lowest BCUT2D eigenvalue weighted by molar-refractivity contribution is -0.137. The monoisotopic (exact) mass is 252 g/mol. The molecule has 3 N–H and O–H groups in total. The van der Waals surface area contributed by atoms with Crippen LogP contribution in [0.15, 0.2) is 18.2 Å². The summed E-state index contributed by atoms with van der Waals surface area (Å²) in [6, 6.07) is 4.39. The molecule has 0 aliphatic carbocycles. The Balaban J connectivity index is 3.06. The summed E-state index contributed by atoms with van der Waals surface area (Å²) in [7, 11) is 0. The maximum Gasteiger partial charge on any atom is 0.307 e. The normalized spacial score (nSPS) is 10.0. The second kappa shape index (κ2) is 5.81. The second-order valence-corrected chi connectivity index (χ2v) is 3.81. The van der Waals surface area contributed by atoms with E-state index in [1.165, 1.54) is 18.2 Å². The van der Waals surface area contributed by atoms with Crippen molar-refractivity contribution < 1.29 is 29.7 Å². The molecule has 0 radical (unpaired) electrons. The van der Waals surface area contributed by atoms with E-state index in [-0.39, 0.29) is 19.3 Å². The van der Waals surface area contributed by atoms with Gasteiger partial charge in [0.05, 0.1) is 19.3 Å². The number of carboxylic acids is 3. The van der Waals surface area contributed by atoms with Crippen LogP contribution < -0.4 is 0 Å². The van der Waals surface area contributed by atoms with Crippen molar-refractivity contribution in [1.29, 1.82) is 0 Å². The predicted molar refractivity (Wildman–Crippen MR) is 60.5 cm³/mol. The van der Waals surface area contributed by atoms with Gasteiger partial charge in [-0.3, -0.25) is 14.4 Å². The van der Waals surface area contributed by atoms with E-state index < -0.39 is 17.9 Å². The highest BCUT2D eigenvalue weighted by atomic mass is 16.4. The summed E-state index contributed by atoms with van der Waals surface area (Å²) < 4.78 is 0. The van der Waals surface area contributed by atoms with Gasteiger partial charge in [-0.05, 0) is 16.7 Å². The molecule has 0 saturated carbocycles. The van der Waals surface area contributed by atoms with Crippen LogP contribution in [-0.2, 0) is 33.6 Å². The Kier molecular flexibility index (Phi) is 4.42. The maximum absolute atomic E-state index is 10.7. The third-order valence-corrected chi connectivity index (χ3v) is 2.31. The summed E-state index contributed by atoms with van der Waals surface area (Å²) in [6.07, 6.45) is -0.827. The number of benzene rings is 1. The molecule has 0 bridgehead atoms. The highest BCUT2D eigenvalue weighted by Crippen LogP contribution is 2.15. The fraction of sp³-hybridized carbons (Fsp3) is 0.250. The van der Waals surface area contributed by atoms with E-state index in [1.54, 1.807) is 0 Å². The molecular weight excluding hydrogens is 240 g/mol. The second-order valence-electron chi connectivity index (χ2n) is 3.81. The minimum Gasteiger partial charge on any atom is -0.481 e. The predicted octanol–water partition coefficient (Wildman–Crippen LogP) is 0.568. The molecule has 0 aliphatic heterocycles. The van der Waals surface area contributed by atoms with Gasteiger partial charge in [0.25, 0.3) is 0 Å². The number of hydrogen-bond donors (Lipinski definition) is 3. The molecule has 0 aromatic heterocycles. The lowest BCUT2D eigenvalue weighted by atomic mass is 9.98.